The standard InChI is InChI=1S/C19H20O4/c1-19(2,3)16-7-5-12(6-8-16)13-9-14(17(20)21)11-15(10-13)18(22)23-4/h5-11H,1-4H3,(H,20,21). The van der Waals surface area contributed by atoms with Gasteiger partial charge in [-0.2, -0.15) is 0 Å². The van der Waals surface area contributed by atoms with Crippen molar-refractivity contribution in [2.75, 3.05) is 7.11 Å². The molecule has 2 rings (SSSR count). The monoisotopic (exact) mass is 312 g/mol. The summed E-state index contributed by atoms with van der Waals surface area (Å²) in [5, 5.41) is 9.23. The Morgan fingerprint density at radius 2 is 1.48 bits per heavy atom. The van der Waals surface area contributed by atoms with Crippen LogP contribution in [0.15, 0.2) is 42.5 Å². The van der Waals surface area contributed by atoms with Gasteiger partial charge in [0, 0.05) is 0 Å². The van der Waals surface area contributed by atoms with E-state index in [9.17, 15) is 14.7 Å². The molecule has 4 nitrogen and oxygen atoms in total. The minimum absolute atomic E-state index is 0.0403. The number of methoxy groups -OCH3 is 1. The van der Waals surface area contributed by atoms with Crippen LogP contribution in [0.25, 0.3) is 11.1 Å². The van der Waals surface area contributed by atoms with E-state index in [1.807, 2.05) is 24.3 Å². The summed E-state index contributed by atoms with van der Waals surface area (Å²) in [5.74, 6) is -1.64. The molecule has 120 valence electrons. The van der Waals surface area contributed by atoms with Crippen LogP contribution in [0, 0.1) is 0 Å². The third-order valence-electron chi connectivity index (χ3n) is 3.69. The first-order valence-corrected chi connectivity index (χ1v) is 7.30. The highest BCUT2D eigenvalue weighted by Gasteiger charge is 2.15. The van der Waals surface area contributed by atoms with Crippen LogP contribution in [0.5, 0.6) is 0 Å². The summed E-state index contributed by atoms with van der Waals surface area (Å²) in [6, 6.07) is 12.4. The number of hydrogen-bond acceptors (Lipinski definition) is 3. The molecule has 2 aromatic carbocycles. The lowest BCUT2D eigenvalue weighted by molar-refractivity contribution is 0.0601. The highest BCUT2D eigenvalue weighted by atomic mass is 16.5. The molecule has 0 atom stereocenters. The average molecular weight is 312 g/mol. The first kappa shape index (κ1) is 16.7. The molecule has 0 unspecified atom stereocenters. The molecule has 0 aromatic heterocycles. The number of esters is 1. The van der Waals surface area contributed by atoms with Crippen molar-refractivity contribution in [2.45, 2.75) is 26.2 Å². The molecule has 0 amide bonds. The van der Waals surface area contributed by atoms with Crippen LogP contribution >= 0.6 is 0 Å². The van der Waals surface area contributed by atoms with Crippen LogP contribution in [0.4, 0.5) is 0 Å². The van der Waals surface area contributed by atoms with Gasteiger partial charge in [-0.15, -0.1) is 0 Å². The average Bonchev–Trinajstić information content (AvgIpc) is 2.52. The highest BCUT2D eigenvalue weighted by molar-refractivity contribution is 5.96. The topological polar surface area (TPSA) is 63.6 Å². The molecule has 1 N–H and O–H groups in total. The van der Waals surface area contributed by atoms with Gasteiger partial charge in [0.15, 0.2) is 0 Å². The number of carbonyl (C=O) groups is 2. The molecule has 0 saturated heterocycles. The van der Waals surface area contributed by atoms with E-state index in [0.717, 1.165) is 5.56 Å². The van der Waals surface area contributed by atoms with E-state index in [2.05, 4.69) is 20.8 Å². The molecule has 2 aromatic rings. The SMILES string of the molecule is COC(=O)c1cc(C(=O)O)cc(-c2ccc(C(C)(C)C)cc2)c1. The quantitative estimate of drug-likeness (QED) is 0.865. The van der Waals surface area contributed by atoms with E-state index in [1.165, 1.54) is 18.7 Å². The molecule has 0 aliphatic rings. The predicted octanol–water partition coefficient (Wildman–Crippen LogP) is 4.14. The lowest BCUT2D eigenvalue weighted by atomic mass is 9.86. The number of hydrogen-bond donors (Lipinski definition) is 1. The van der Waals surface area contributed by atoms with Crippen molar-refractivity contribution >= 4 is 11.9 Å². The van der Waals surface area contributed by atoms with Crippen molar-refractivity contribution in [3.05, 3.63) is 59.2 Å². The van der Waals surface area contributed by atoms with Crippen LogP contribution in [0.3, 0.4) is 0 Å². The van der Waals surface area contributed by atoms with Gasteiger partial charge in [0.05, 0.1) is 18.2 Å². The van der Waals surface area contributed by atoms with Gasteiger partial charge in [-0.25, -0.2) is 9.59 Å². The number of ether oxygens (including phenoxy) is 1. The van der Waals surface area contributed by atoms with Crippen LogP contribution in [-0.2, 0) is 10.2 Å². The predicted molar refractivity (Wildman–Crippen MR) is 88.9 cm³/mol. The molecular formula is C19H20O4. The molecule has 0 bridgehead atoms. The molecule has 23 heavy (non-hydrogen) atoms. The van der Waals surface area contributed by atoms with Crippen molar-refractivity contribution in [1.29, 1.82) is 0 Å². The lowest BCUT2D eigenvalue weighted by Gasteiger charge is -2.19. The summed E-state index contributed by atoms with van der Waals surface area (Å²) in [7, 11) is 1.27. The Balaban J connectivity index is 2.51. The smallest absolute Gasteiger partial charge is 0.337 e. The molecule has 0 saturated carbocycles. The minimum Gasteiger partial charge on any atom is -0.478 e. The summed E-state index contributed by atoms with van der Waals surface area (Å²) >= 11 is 0. The van der Waals surface area contributed by atoms with E-state index < -0.39 is 11.9 Å². The molecule has 4 heteroatoms. The third kappa shape index (κ3) is 3.77. The first-order valence-electron chi connectivity index (χ1n) is 7.30. The zero-order chi connectivity index (χ0) is 17.2. The number of rotatable bonds is 3. The highest BCUT2D eigenvalue weighted by Crippen LogP contribution is 2.27. The van der Waals surface area contributed by atoms with Gasteiger partial charge in [-0.05, 0) is 40.3 Å². The fraction of sp³-hybridized carbons (Fsp3) is 0.263. The van der Waals surface area contributed by atoms with E-state index in [4.69, 9.17) is 4.74 Å². The Morgan fingerprint density at radius 3 is 1.96 bits per heavy atom. The molecule has 0 spiro atoms. The molecule has 0 aliphatic heterocycles. The molecule has 0 aliphatic carbocycles. The Kier molecular flexibility index (Phi) is 4.55. The molecular weight excluding hydrogens is 292 g/mol. The van der Waals surface area contributed by atoms with Gasteiger partial charge < -0.3 is 9.84 Å². The summed E-state index contributed by atoms with van der Waals surface area (Å²) < 4.78 is 4.69. The second kappa shape index (κ2) is 6.24. The second-order valence-electron chi connectivity index (χ2n) is 6.42. The largest absolute Gasteiger partial charge is 0.478 e. The normalized spacial score (nSPS) is 11.1. The van der Waals surface area contributed by atoms with Gasteiger partial charge in [0.1, 0.15) is 0 Å². The number of aromatic carboxylic acids is 1. The third-order valence-corrected chi connectivity index (χ3v) is 3.69. The second-order valence-corrected chi connectivity index (χ2v) is 6.42. The molecule has 0 radical (unpaired) electrons. The number of carboxylic acids is 1. The Labute approximate surface area is 135 Å². The summed E-state index contributed by atoms with van der Waals surface area (Å²) in [6.07, 6.45) is 0. The van der Waals surface area contributed by atoms with Crippen molar-refractivity contribution in [1.82, 2.24) is 0 Å². The zero-order valence-electron chi connectivity index (χ0n) is 13.7. The summed E-state index contributed by atoms with van der Waals surface area (Å²) in [4.78, 5) is 23.0. The van der Waals surface area contributed by atoms with Gasteiger partial charge in [0.25, 0.3) is 0 Å². The maximum absolute atomic E-state index is 11.7. The zero-order valence-corrected chi connectivity index (χ0v) is 13.7. The lowest BCUT2D eigenvalue weighted by Crippen LogP contribution is -2.10. The van der Waals surface area contributed by atoms with Crippen molar-refractivity contribution in [3.8, 4) is 11.1 Å². The molecule has 0 fully saturated rings. The first-order chi connectivity index (χ1) is 10.7. The van der Waals surface area contributed by atoms with Crippen LogP contribution in [-0.4, -0.2) is 24.2 Å². The van der Waals surface area contributed by atoms with Gasteiger partial charge in [-0.1, -0.05) is 45.0 Å². The van der Waals surface area contributed by atoms with E-state index in [0.29, 0.717) is 5.56 Å². The van der Waals surface area contributed by atoms with Crippen LogP contribution in [0.2, 0.25) is 0 Å². The number of carboxylic acid groups (broad SMARTS) is 1. The summed E-state index contributed by atoms with van der Waals surface area (Å²) in [6.45, 7) is 6.38. The minimum atomic E-state index is -1.08. The maximum Gasteiger partial charge on any atom is 0.337 e. The number of carbonyl (C=O) groups excluding carboxylic acids is 1. The summed E-state index contributed by atoms with van der Waals surface area (Å²) in [5.41, 5.74) is 3.03. The Morgan fingerprint density at radius 1 is 0.913 bits per heavy atom. The fourth-order valence-electron chi connectivity index (χ4n) is 2.32. The van der Waals surface area contributed by atoms with Crippen LogP contribution < -0.4 is 0 Å². The van der Waals surface area contributed by atoms with E-state index in [1.54, 1.807) is 12.1 Å². The van der Waals surface area contributed by atoms with Crippen molar-refractivity contribution < 1.29 is 19.4 Å². The van der Waals surface area contributed by atoms with Crippen LogP contribution in [0.1, 0.15) is 47.1 Å². The van der Waals surface area contributed by atoms with E-state index >= 15 is 0 Å². The van der Waals surface area contributed by atoms with Crippen molar-refractivity contribution in [3.63, 3.8) is 0 Å². The van der Waals surface area contributed by atoms with E-state index in [-0.39, 0.29) is 16.5 Å². The van der Waals surface area contributed by atoms with Gasteiger partial charge in [0.2, 0.25) is 0 Å². The Hall–Kier alpha value is -2.62. The number of benzene rings is 2. The molecule has 0 heterocycles. The fourth-order valence-corrected chi connectivity index (χ4v) is 2.32. The van der Waals surface area contributed by atoms with Gasteiger partial charge in [-0.3, -0.25) is 0 Å². The van der Waals surface area contributed by atoms with Gasteiger partial charge >= 0.3 is 11.9 Å². The Bertz CT molecular complexity index is 737. The maximum atomic E-state index is 11.7. The van der Waals surface area contributed by atoms with Crippen molar-refractivity contribution in [2.24, 2.45) is 0 Å².